The van der Waals surface area contributed by atoms with Crippen LogP contribution in [0.1, 0.15) is 15.9 Å². The first-order chi connectivity index (χ1) is 14.6. The molecule has 0 unspecified atom stereocenters. The number of hydrogen-bond acceptors (Lipinski definition) is 5. The third-order valence-corrected chi connectivity index (χ3v) is 4.50. The summed E-state index contributed by atoms with van der Waals surface area (Å²) in [6.45, 7) is 0.373. The van der Waals surface area contributed by atoms with Gasteiger partial charge >= 0.3 is 0 Å². The zero-order valence-electron chi connectivity index (χ0n) is 16.9. The second kappa shape index (κ2) is 10.1. The molecule has 0 aliphatic heterocycles. The standard InChI is InChI=1S/C22H24N4O4/c1-29-19-9-6-17(14-20(19)30-2)22(28)24-15-21(27)23-12-10-16-4-7-18(8-5-16)26-13-3-11-25-26/h3-9,11,13-14H,10,12,15H2,1-2H3,(H,23,27)(H,24,28). The predicted molar refractivity (Wildman–Crippen MR) is 112 cm³/mol. The van der Waals surface area contributed by atoms with Gasteiger partial charge in [0.05, 0.1) is 26.5 Å². The molecule has 0 aliphatic carbocycles. The van der Waals surface area contributed by atoms with Crippen LogP contribution in [-0.2, 0) is 11.2 Å². The molecule has 0 saturated heterocycles. The molecular formula is C22H24N4O4. The molecule has 2 aromatic carbocycles. The highest BCUT2D eigenvalue weighted by molar-refractivity contribution is 5.97. The van der Waals surface area contributed by atoms with E-state index in [4.69, 9.17) is 9.47 Å². The van der Waals surface area contributed by atoms with Crippen molar-refractivity contribution >= 4 is 11.8 Å². The van der Waals surface area contributed by atoms with Gasteiger partial charge in [-0.05, 0) is 48.4 Å². The summed E-state index contributed by atoms with van der Waals surface area (Å²) in [6, 6.07) is 14.7. The van der Waals surface area contributed by atoms with Gasteiger partial charge in [0.1, 0.15) is 0 Å². The van der Waals surface area contributed by atoms with Gasteiger partial charge in [-0.2, -0.15) is 5.10 Å². The number of aromatic nitrogens is 2. The minimum Gasteiger partial charge on any atom is -0.493 e. The summed E-state index contributed by atoms with van der Waals surface area (Å²) in [4.78, 5) is 24.3. The van der Waals surface area contributed by atoms with E-state index in [1.165, 1.54) is 14.2 Å². The topological polar surface area (TPSA) is 94.5 Å². The largest absolute Gasteiger partial charge is 0.493 e. The van der Waals surface area contributed by atoms with Crippen LogP contribution in [0.5, 0.6) is 11.5 Å². The van der Waals surface area contributed by atoms with Crippen LogP contribution in [0, 0.1) is 0 Å². The van der Waals surface area contributed by atoms with E-state index < -0.39 is 0 Å². The Morgan fingerprint density at radius 1 is 1.00 bits per heavy atom. The van der Waals surface area contributed by atoms with Gasteiger partial charge in [-0.15, -0.1) is 0 Å². The maximum Gasteiger partial charge on any atom is 0.251 e. The third kappa shape index (κ3) is 5.38. The molecule has 2 amide bonds. The fraction of sp³-hybridized carbons (Fsp3) is 0.227. The van der Waals surface area contributed by atoms with Crippen LogP contribution in [0.2, 0.25) is 0 Å². The van der Waals surface area contributed by atoms with Crippen LogP contribution in [0.25, 0.3) is 5.69 Å². The normalized spacial score (nSPS) is 10.3. The zero-order chi connectivity index (χ0) is 21.3. The lowest BCUT2D eigenvalue weighted by atomic mass is 10.1. The Morgan fingerprint density at radius 2 is 1.77 bits per heavy atom. The Morgan fingerprint density at radius 3 is 2.43 bits per heavy atom. The molecule has 0 aliphatic rings. The number of hydrogen-bond donors (Lipinski definition) is 2. The zero-order valence-corrected chi connectivity index (χ0v) is 16.9. The first kappa shape index (κ1) is 20.9. The van der Waals surface area contributed by atoms with Gasteiger partial charge in [-0.3, -0.25) is 9.59 Å². The molecule has 0 spiro atoms. The van der Waals surface area contributed by atoms with Gasteiger partial charge in [0.15, 0.2) is 11.5 Å². The van der Waals surface area contributed by atoms with E-state index in [0.29, 0.717) is 30.0 Å². The highest BCUT2D eigenvalue weighted by atomic mass is 16.5. The summed E-state index contributed by atoms with van der Waals surface area (Å²) < 4.78 is 12.1. The Hall–Kier alpha value is -3.81. The fourth-order valence-electron chi connectivity index (χ4n) is 2.89. The average molecular weight is 408 g/mol. The first-order valence-electron chi connectivity index (χ1n) is 9.46. The van der Waals surface area contributed by atoms with Crippen molar-refractivity contribution in [1.29, 1.82) is 0 Å². The molecular weight excluding hydrogens is 384 g/mol. The number of nitrogens with zero attached hydrogens (tertiary/aromatic N) is 2. The maximum atomic E-state index is 12.2. The Balaban J connectivity index is 1.42. The Bertz CT molecular complexity index is 985. The molecule has 3 aromatic rings. The van der Waals surface area contributed by atoms with Crippen molar-refractivity contribution in [2.24, 2.45) is 0 Å². The first-order valence-corrected chi connectivity index (χ1v) is 9.46. The summed E-state index contributed by atoms with van der Waals surface area (Å²) >= 11 is 0. The molecule has 0 saturated carbocycles. The molecule has 3 rings (SSSR count). The highest BCUT2D eigenvalue weighted by Crippen LogP contribution is 2.27. The van der Waals surface area contributed by atoms with E-state index in [2.05, 4.69) is 15.7 Å². The Kier molecular flexibility index (Phi) is 7.05. The molecule has 1 heterocycles. The lowest BCUT2D eigenvalue weighted by Crippen LogP contribution is -2.37. The van der Waals surface area contributed by atoms with Crippen LogP contribution in [0.15, 0.2) is 60.9 Å². The second-order valence-corrected chi connectivity index (χ2v) is 6.47. The van der Waals surface area contributed by atoms with Crippen molar-refractivity contribution in [3.63, 3.8) is 0 Å². The van der Waals surface area contributed by atoms with E-state index in [1.807, 2.05) is 36.5 Å². The molecule has 0 radical (unpaired) electrons. The molecule has 0 atom stereocenters. The highest BCUT2D eigenvalue weighted by Gasteiger charge is 2.12. The van der Waals surface area contributed by atoms with Gasteiger partial charge < -0.3 is 20.1 Å². The second-order valence-electron chi connectivity index (χ2n) is 6.47. The lowest BCUT2D eigenvalue weighted by Gasteiger charge is -2.10. The van der Waals surface area contributed by atoms with Crippen molar-refractivity contribution in [1.82, 2.24) is 20.4 Å². The Labute approximate surface area is 174 Å². The van der Waals surface area contributed by atoms with E-state index in [-0.39, 0.29) is 18.4 Å². The van der Waals surface area contributed by atoms with E-state index in [1.54, 1.807) is 29.1 Å². The molecule has 8 heteroatoms. The van der Waals surface area contributed by atoms with Crippen LogP contribution in [-0.4, -0.2) is 48.9 Å². The number of carbonyl (C=O) groups excluding carboxylic acids is 2. The maximum absolute atomic E-state index is 12.2. The van der Waals surface area contributed by atoms with Crippen molar-refractivity contribution in [2.75, 3.05) is 27.3 Å². The van der Waals surface area contributed by atoms with Crippen molar-refractivity contribution in [2.45, 2.75) is 6.42 Å². The summed E-state index contributed by atoms with van der Waals surface area (Å²) in [5.74, 6) is 0.370. The number of benzene rings is 2. The summed E-state index contributed by atoms with van der Waals surface area (Å²) in [5.41, 5.74) is 2.46. The van der Waals surface area contributed by atoms with Gasteiger partial charge in [0.25, 0.3) is 5.91 Å². The number of methoxy groups -OCH3 is 2. The molecule has 0 fully saturated rings. The summed E-state index contributed by atoms with van der Waals surface area (Å²) in [6.07, 6.45) is 4.30. The lowest BCUT2D eigenvalue weighted by molar-refractivity contribution is -0.120. The van der Waals surface area contributed by atoms with Gasteiger partial charge in [-0.25, -0.2) is 4.68 Å². The minimum atomic E-state index is -0.361. The van der Waals surface area contributed by atoms with Gasteiger partial charge in [0, 0.05) is 24.5 Å². The predicted octanol–water partition coefficient (Wildman–Crippen LogP) is 1.98. The van der Waals surface area contributed by atoms with Crippen molar-refractivity contribution in [3.05, 3.63) is 72.1 Å². The minimum absolute atomic E-state index is 0.106. The number of rotatable bonds is 9. The number of amides is 2. The summed E-state index contributed by atoms with van der Waals surface area (Å²) in [7, 11) is 3.02. The molecule has 1 aromatic heterocycles. The molecule has 8 nitrogen and oxygen atoms in total. The van der Waals surface area contributed by atoms with E-state index >= 15 is 0 Å². The third-order valence-electron chi connectivity index (χ3n) is 4.50. The monoisotopic (exact) mass is 408 g/mol. The van der Waals surface area contributed by atoms with E-state index in [0.717, 1.165) is 11.3 Å². The smallest absolute Gasteiger partial charge is 0.251 e. The van der Waals surface area contributed by atoms with Crippen molar-refractivity contribution < 1.29 is 19.1 Å². The van der Waals surface area contributed by atoms with E-state index in [9.17, 15) is 9.59 Å². The average Bonchev–Trinajstić information content (AvgIpc) is 3.32. The number of ether oxygens (including phenoxy) is 2. The van der Waals surface area contributed by atoms with Crippen molar-refractivity contribution in [3.8, 4) is 17.2 Å². The van der Waals surface area contributed by atoms with Gasteiger partial charge in [-0.1, -0.05) is 12.1 Å². The molecule has 30 heavy (non-hydrogen) atoms. The molecule has 0 bridgehead atoms. The van der Waals surface area contributed by atoms with Crippen LogP contribution >= 0.6 is 0 Å². The quantitative estimate of drug-likeness (QED) is 0.565. The van der Waals surface area contributed by atoms with Gasteiger partial charge in [0.2, 0.25) is 5.91 Å². The number of carbonyl (C=O) groups is 2. The molecule has 156 valence electrons. The SMILES string of the molecule is COc1ccc(C(=O)NCC(=O)NCCc2ccc(-n3cccn3)cc2)cc1OC. The van der Waals surface area contributed by atoms with Crippen LogP contribution < -0.4 is 20.1 Å². The summed E-state index contributed by atoms with van der Waals surface area (Å²) in [5, 5.41) is 9.60. The van der Waals surface area contributed by atoms with Crippen LogP contribution in [0.3, 0.4) is 0 Å². The molecule has 2 N–H and O–H groups in total. The fourth-order valence-corrected chi connectivity index (χ4v) is 2.89. The number of nitrogens with one attached hydrogen (secondary N) is 2. The van der Waals surface area contributed by atoms with Crippen LogP contribution in [0.4, 0.5) is 0 Å².